The number of hydrogen-bond acceptors (Lipinski definition) is 4. The third-order valence-electron chi connectivity index (χ3n) is 5.37. The summed E-state index contributed by atoms with van der Waals surface area (Å²) in [6.45, 7) is 0. The SMILES string of the molecule is O=C(NC1Cc2ccccc2C1)c1sc2cc(C(F)(F)F)cnc2c1-c1ccccn1. The van der Waals surface area contributed by atoms with Gasteiger partial charge in [-0.1, -0.05) is 30.3 Å². The molecule has 0 saturated carbocycles. The normalized spacial score (nSPS) is 14.0. The van der Waals surface area contributed by atoms with Crippen LogP contribution in [0.3, 0.4) is 0 Å². The van der Waals surface area contributed by atoms with E-state index in [0.717, 1.165) is 36.4 Å². The number of alkyl halides is 3. The van der Waals surface area contributed by atoms with E-state index in [1.54, 1.807) is 24.4 Å². The highest BCUT2D eigenvalue weighted by Gasteiger charge is 2.33. The maximum Gasteiger partial charge on any atom is 0.417 e. The first-order valence-corrected chi connectivity index (χ1v) is 10.5. The number of rotatable bonds is 3. The van der Waals surface area contributed by atoms with Gasteiger partial charge in [0.25, 0.3) is 5.91 Å². The van der Waals surface area contributed by atoms with Gasteiger partial charge in [-0.25, -0.2) is 0 Å². The molecule has 0 saturated heterocycles. The fourth-order valence-corrected chi connectivity index (χ4v) is 5.07. The van der Waals surface area contributed by atoms with Gasteiger partial charge in [-0.3, -0.25) is 14.8 Å². The van der Waals surface area contributed by atoms with Crippen LogP contribution in [0.15, 0.2) is 60.9 Å². The molecule has 0 unspecified atom stereocenters. The van der Waals surface area contributed by atoms with Crippen molar-refractivity contribution in [2.24, 2.45) is 0 Å². The number of hydrogen-bond donors (Lipinski definition) is 1. The number of pyridine rings is 2. The molecule has 0 bridgehead atoms. The van der Waals surface area contributed by atoms with Crippen LogP contribution in [0.4, 0.5) is 13.2 Å². The molecule has 1 N–H and O–H groups in total. The number of carbonyl (C=O) groups excluding carboxylic acids is 1. The Bertz CT molecular complexity index is 1260. The minimum atomic E-state index is -4.51. The molecule has 3 aromatic heterocycles. The van der Waals surface area contributed by atoms with E-state index in [9.17, 15) is 18.0 Å². The highest BCUT2D eigenvalue weighted by atomic mass is 32.1. The number of carbonyl (C=O) groups is 1. The van der Waals surface area contributed by atoms with Gasteiger partial charge in [0.15, 0.2) is 0 Å². The average molecular weight is 439 g/mol. The maximum atomic E-state index is 13.2. The van der Waals surface area contributed by atoms with Crippen molar-refractivity contribution in [2.45, 2.75) is 25.1 Å². The summed E-state index contributed by atoms with van der Waals surface area (Å²) in [5, 5.41) is 3.05. The zero-order valence-corrected chi connectivity index (χ0v) is 16.9. The molecular formula is C23H16F3N3OS. The maximum absolute atomic E-state index is 13.2. The molecule has 156 valence electrons. The molecule has 5 rings (SSSR count). The Labute approximate surface area is 179 Å². The van der Waals surface area contributed by atoms with Gasteiger partial charge in [0.2, 0.25) is 0 Å². The van der Waals surface area contributed by atoms with Crippen LogP contribution in [0.25, 0.3) is 21.5 Å². The number of aromatic nitrogens is 2. The van der Waals surface area contributed by atoms with Gasteiger partial charge in [0.1, 0.15) is 4.88 Å². The van der Waals surface area contributed by atoms with E-state index < -0.39 is 11.7 Å². The molecule has 4 nitrogen and oxygen atoms in total. The minimum Gasteiger partial charge on any atom is -0.348 e. The lowest BCUT2D eigenvalue weighted by Gasteiger charge is -2.12. The molecule has 0 fully saturated rings. The van der Waals surface area contributed by atoms with Gasteiger partial charge in [-0.2, -0.15) is 13.2 Å². The first-order valence-electron chi connectivity index (χ1n) is 9.69. The van der Waals surface area contributed by atoms with Gasteiger partial charge in [-0.15, -0.1) is 11.3 Å². The van der Waals surface area contributed by atoms with Crippen LogP contribution in [0.2, 0.25) is 0 Å². The van der Waals surface area contributed by atoms with Crippen molar-refractivity contribution in [1.29, 1.82) is 0 Å². The predicted octanol–water partition coefficient (Wildman–Crippen LogP) is 5.27. The van der Waals surface area contributed by atoms with Crippen LogP contribution in [0, 0.1) is 0 Å². The number of fused-ring (bicyclic) bond motifs is 2. The first kappa shape index (κ1) is 19.7. The number of thiophene rings is 1. The van der Waals surface area contributed by atoms with Crippen molar-refractivity contribution < 1.29 is 18.0 Å². The van der Waals surface area contributed by atoms with Crippen molar-refractivity contribution >= 4 is 27.5 Å². The molecule has 1 aromatic carbocycles. The second-order valence-corrected chi connectivity index (χ2v) is 8.49. The lowest BCUT2D eigenvalue weighted by Crippen LogP contribution is -2.35. The Morgan fingerprint density at radius 2 is 1.74 bits per heavy atom. The Kier molecular flexibility index (Phi) is 4.74. The molecule has 0 radical (unpaired) electrons. The summed E-state index contributed by atoms with van der Waals surface area (Å²) >= 11 is 1.01. The fourth-order valence-electron chi connectivity index (χ4n) is 3.95. The molecule has 1 amide bonds. The van der Waals surface area contributed by atoms with Crippen molar-refractivity contribution in [3.8, 4) is 11.3 Å². The van der Waals surface area contributed by atoms with E-state index in [2.05, 4.69) is 15.3 Å². The number of halogens is 3. The lowest BCUT2D eigenvalue weighted by molar-refractivity contribution is -0.137. The number of benzene rings is 1. The zero-order chi connectivity index (χ0) is 21.6. The Hall–Kier alpha value is -3.26. The third-order valence-corrected chi connectivity index (χ3v) is 6.49. The van der Waals surface area contributed by atoms with Crippen LogP contribution in [0.1, 0.15) is 26.4 Å². The Morgan fingerprint density at radius 1 is 1.03 bits per heavy atom. The van der Waals surface area contributed by atoms with Crippen LogP contribution >= 0.6 is 11.3 Å². The summed E-state index contributed by atoms with van der Waals surface area (Å²) in [6.07, 6.45) is -0.673. The largest absolute Gasteiger partial charge is 0.417 e. The molecule has 4 aromatic rings. The average Bonchev–Trinajstić information content (AvgIpc) is 3.34. The smallest absolute Gasteiger partial charge is 0.348 e. The number of nitrogens with zero attached hydrogens (tertiary/aromatic N) is 2. The van der Waals surface area contributed by atoms with E-state index >= 15 is 0 Å². The van der Waals surface area contributed by atoms with Gasteiger partial charge in [0.05, 0.1) is 27.0 Å². The van der Waals surface area contributed by atoms with Crippen molar-refractivity contribution in [1.82, 2.24) is 15.3 Å². The molecular weight excluding hydrogens is 423 g/mol. The molecule has 1 aliphatic carbocycles. The topological polar surface area (TPSA) is 54.9 Å². The van der Waals surface area contributed by atoms with Crippen LogP contribution in [0.5, 0.6) is 0 Å². The van der Waals surface area contributed by atoms with Crippen LogP contribution in [-0.2, 0) is 19.0 Å². The third kappa shape index (κ3) is 3.67. The minimum absolute atomic E-state index is 0.0645. The van der Waals surface area contributed by atoms with E-state index in [4.69, 9.17) is 0 Å². The first-order chi connectivity index (χ1) is 14.9. The predicted molar refractivity (Wildman–Crippen MR) is 113 cm³/mol. The second kappa shape index (κ2) is 7.46. The molecule has 0 spiro atoms. The quantitative estimate of drug-likeness (QED) is 0.473. The van der Waals surface area contributed by atoms with Crippen molar-refractivity contribution in [3.63, 3.8) is 0 Å². The van der Waals surface area contributed by atoms with E-state index in [-0.39, 0.29) is 11.9 Å². The monoisotopic (exact) mass is 439 g/mol. The Balaban J connectivity index is 1.54. The number of nitrogens with one attached hydrogen (secondary N) is 1. The van der Waals surface area contributed by atoms with Crippen molar-refractivity contribution in [3.05, 3.63) is 82.5 Å². The second-order valence-electron chi connectivity index (χ2n) is 7.44. The standard InChI is InChI=1S/C23H16F3N3OS/c24-23(25,26)15-11-18-20(28-12-15)19(17-7-3-4-8-27-17)21(31-18)22(30)29-16-9-13-5-1-2-6-14(13)10-16/h1-8,11-12,16H,9-10H2,(H,29,30). The van der Waals surface area contributed by atoms with Gasteiger partial charge < -0.3 is 5.32 Å². The van der Waals surface area contributed by atoms with Gasteiger partial charge in [-0.05, 0) is 42.2 Å². The van der Waals surface area contributed by atoms with Gasteiger partial charge >= 0.3 is 6.18 Å². The molecule has 0 atom stereocenters. The summed E-state index contributed by atoms with van der Waals surface area (Å²) in [6, 6.07) is 14.2. The highest BCUT2D eigenvalue weighted by Crippen LogP contribution is 2.39. The van der Waals surface area contributed by atoms with E-state index in [1.807, 2.05) is 24.3 Å². The summed E-state index contributed by atoms with van der Waals surface area (Å²) in [4.78, 5) is 21.9. The fraction of sp³-hybridized carbons (Fsp3) is 0.174. The molecule has 3 heterocycles. The summed E-state index contributed by atoms with van der Waals surface area (Å²) < 4.78 is 39.8. The molecule has 1 aliphatic rings. The Morgan fingerprint density at radius 3 is 2.39 bits per heavy atom. The summed E-state index contributed by atoms with van der Waals surface area (Å²) in [5.74, 6) is -0.324. The van der Waals surface area contributed by atoms with Crippen LogP contribution < -0.4 is 5.32 Å². The van der Waals surface area contributed by atoms with E-state index in [0.29, 0.717) is 26.4 Å². The number of amides is 1. The lowest BCUT2D eigenvalue weighted by atomic mass is 10.1. The summed E-state index contributed by atoms with van der Waals surface area (Å²) in [7, 11) is 0. The molecule has 8 heteroatoms. The zero-order valence-electron chi connectivity index (χ0n) is 16.1. The molecule has 0 aliphatic heterocycles. The molecule has 31 heavy (non-hydrogen) atoms. The van der Waals surface area contributed by atoms with Crippen LogP contribution in [-0.4, -0.2) is 21.9 Å². The van der Waals surface area contributed by atoms with E-state index in [1.165, 1.54) is 11.1 Å². The van der Waals surface area contributed by atoms with Crippen molar-refractivity contribution in [2.75, 3.05) is 0 Å². The summed E-state index contributed by atoms with van der Waals surface area (Å²) in [5.41, 5.74) is 2.86. The highest BCUT2D eigenvalue weighted by molar-refractivity contribution is 7.21. The van der Waals surface area contributed by atoms with Gasteiger partial charge in [0, 0.05) is 18.4 Å².